The van der Waals surface area contributed by atoms with Crippen molar-refractivity contribution in [3.05, 3.63) is 29.6 Å². The molecule has 1 aromatic rings. The fraction of sp³-hybridized carbons (Fsp3) is 0.500. The molecule has 1 aromatic heterocycles. The van der Waals surface area contributed by atoms with Crippen molar-refractivity contribution in [2.45, 2.75) is 32.5 Å². The second kappa shape index (κ2) is 5.20. The van der Waals surface area contributed by atoms with E-state index in [1.54, 1.807) is 4.90 Å². The van der Waals surface area contributed by atoms with Gasteiger partial charge < -0.3 is 14.7 Å². The standard InChI is InChI=1S/C14H18N2O4/c1-9-7-16(8-14(2,3)20-9)12(17)10-4-5-15-11(6-10)13(18)19/h4-6,9H,7-8H2,1-3H3,(H,18,19). The molecule has 1 aliphatic heterocycles. The van der Waals surface area contributed by atoms with Crippen LogP contribution in [0.5, 0.6) is 0 Å². The van der Waals surface area contributed by atoms with Crippen molar-refractivity contribution >= 4 is 11.9 Å². The van der Waals surface area contributed by atoms with Gasteiger partial charge in [0.2, 0.25) is 0 Å². The monoisotopic (exact) mass is 278 g/mol. The van der Waals surface area contributed by atoms with Crippen LogP contribution in [0.25, 0.3) is 0 Å². The first-order valence-corrected chi connectivity index (χ1v) is 6.45. The number of carbonyl (C=O) groups excluding carboxylic acids is 1. The Kier molecular flexibility index (Phi) is 3.76. The van der Waals surface area contributed by atoms with Gasteiger partial charge in [-0.2, -0.15) is 0 Å². The number of aromatic carboxylic acids is 1. The van der Waals surface area contributed by atoms with Crippen LogP contribution in [-0.2, 0) is 4.74 Å². The first-order valence-electron chi connectivity index (χ1n) is 6.45. The van der Waals surface area contributed by atoms with E-state index < -0.39 is 11.6 Å². The molecule has 0 aliphatic carbocycles. The lowest BCUT2D eigenvalue weighted by molar-refractivity contribution is -0.118. The van der Waals surface area contributed by atoms with Crippen LogP contribution in [0.15, 0.2) is 18.3 Å². The summed E-state index contributed by atoms with van der Waals surface area (Å²) < 4.78 is 5.75. The van der Waals surface area contributed by atoms with Gasteiger partial charge in [-0.3, -0.25) is 4.79 Å². The van der Waals surface area contributed by atoms with E-state index in [0.29, 0.717) is 18.7 Å². The summed E-state index contributed by atoms with van der Waals surface area (Å²) in [5, 5.41) is 8.92. The van der Waals surface area contributed by atoms with Crippen LogP contribution in [0.2, 0.25) is 0 Å². The van der Waals surface area contributed by atoms with Crippen molar-refractivity contribution in [3.63, 3.8) is 0 Å². The number of carbonyl (C=O) groups is 2. The van der Waals surface area contributed by atoms with Crippen LogP contribution in [-0.4, -0.2) is 51.7 Å². The highest BCUT2D eigenvalue weighted by molar-refractivity contribution is 5.96. The highest BCUT2D eigenvalue weighted by Crippen LogP contribution is 2.22. The Morgan fingerprint density at radius 3 is 2.80 bits per heavy atom. The SMILES string of the molecule is CC1CN(C(=O)c2ccnc(C(=O)O)c2)CC(C)(C)O1. The summed E-state index contributed by atoms with van der Waals surface area (Å²) in [6.45, 7) is 6.74. The largest absolute Gasteiger partial charge is 0.477 e. The maximum Gasteiger partial charge on any atom is 0.354 e. The molecule has 20 heavy (non-hydrogen) atoms. The molecule has 108 valence electrons. The van der Waals surface area contributed by atoms with Crippen molar-refractivity contribution < 1.29 is 19.4 Å². The van der Waals surface area contributed by atoms with Gasteiger partial charge in [0.25, 0.3) is 5.91 Å². The summed E-state index contributed by atoms with van der Waals surface area (Å²) in [5.74, 6) is -1.34. The molecule has 0 bridgehead atoms. The Hall–Kier alpha value is -1.95. The van der Waals surface area contributed by atoms with E-state index in [1.807, 2.05) is 20.8 Å². The van der Waals surface area contributed by atoms with E-state index >= 15 is 0 Å². The summed E-state index contributed by atoms with van der Waals surface area (Å²) >= 11 is 0. The van der Waals surface area contributed by atoms with Gasteiger partial charge in [0.15, 0.2) is 0 Å². The fourth-order valence-corrected chi connectivity index (χ4v) is 2.47. The summed E-state index contributed by atoms with van der Waals surface area (Å²) in [6.07, 6.45) is 1.29. The van der Waals surface area contributed by atoms with Crippen molar-refractivity contribution in [2.75, 3.05) is 13.1 Å². The molecule has 1 saturated heterocycles. The van der Waals surface area contributed by atoms with Gasteiger partial charge in [0.05, 0.1) is 11.7 Å². The van der Waals surface area contributed by atoms with Gasteiger partial charge in [0.1, 0.15) is 5.69 Å². The smallest absolute Gasteiger partial charge is 0.354 e. The topological polar surface area (TPSA) is 79.7 Å². The molecule has 1 N–H and O–H groups in total. The normalized spacial score (nSPS) is 21.6. The Labute approximate surface area is 117 Å². The number of nitrogens with zero attached hydrogens (tertiary/aromatic N) is 2. The highest BCUT2D eigenvalue weighted by Gasteiger charge is 2.34. The third kappa shape index (κ3) is 3.14. The van der Waals surface area contributed by atoms with Crippen molar-refractivity contribution in [1.29, 1.82) is 0 Å². The van der Waals surface area contributed by atoms with Crippen LogP contribution < -0.4 is 0 Å². The summed E-state index contributed by atoms with van der Waals surface area (Å²) in [7, 11) is 0. The number of carboxylic acids is 1. The second-order valence-corrected chi connectivity index (χ2v) is 5.61. The first-order chi connectivity index (χ1) is 9.28. The predicted octanol–water partition coefficient (Wildman–Crippen LogP) is 1.42. The lowest BCUT2D eigenvalue weighted by atomic mass is 10.0. The molecular formula is C14H18N2O4. The molecule has 6 heteroatoms. The Bertz CT molecular complexity index is 542. The molecule has 1 amide bonds. The number of hydrogen-bond donors (Lipinski definition) is 1. The molecular weight excluding hydrogens is 260 g/mol. The number of amides is 1. The van der Waals surface area contributed by atoms with Gasteiger partial charge in [-0.15, -0.1) is 0 Å². The van der Waals surface area contributed by atoms with Gasteiger partial charge in [-0.05, 0) is 32.9 Å². The van der Waals surface area contributed by atoms with E-state index in [-0.39, 0.29) is 17.7 Å². The Morgan fingerprint density at radius 2 is 2.20 bits per heavy atom. The minimum absolute atomic E-state index is 0.0523. The first kappa shape index (κ1) is 14.5. The number of carboxylic acid groups (broad SMARTS) is 1. The molecule has 2 heterocycles. The average molecular weight is 278 g/mol. The zero-order valence-corrected chi connectivity index (χ0v) is 11.8. The maximum atomic E-state index is 12.5. The lowest BCUT2D eigenvalue weighted by Crippen LogP contribution is -2.53. The minimum Gasteiger partial charge on any atom is -0.477 e. The molecule has 0 spiro atoms. The number of hydrogen-bond acceptors (Lipinski definition) is 4. The molecule has 1 fully saturated rings. The van der Waals surface area contributed by atoms with Gasteiger partial charge >= 0.3 is 5.97 Å². The van der Waals surface area contributed by atoms with Crippen LogP contribution >= 0.6 is 0 Å². The second-order valence-electron chi connectivity index (χ2n) is 5.61. The van der Waals surface area contributed by atoms with Gasteiger partial charge in [-0.1, -0.05) is 0 Å². The van der Waals surface area contributed by atoms with E-state index in [2.05, 4.69) is 4.98 Å². The molecule has 6 nitrogen and oxygen atoms in total. The molecule has 1 unspecified atom stereocenters. The van der Waals surface area contributed by atoms with Gasteiger partial charge in [0, 0.05) is 24.8 Å². The number of rotatable bonds is 2. The Balaban J connectivity index is 2.22. The van der Waals surface area contributed by atoms with E-state index in [1.165, 1.54) is 18.3 Å². The lowest BCUT2D eigenvalue weighted by Gasteiger charge is -2.41. The van der Waals surface area contributed by atoms with E-state index in [9.17, 15) is 9.59 Å². The number of aromatic nitrogens is 1. The van der Waals surface area contributed by atoms with E-state index in [0.717, 1.165) is 0 Å². The quantitative estimate of drug-likeness (QED) is 0.885. The molecule has 0 radical (unpaired) electrons. The fourth-order valence-electron chi connectivity index (χ4n) is 2.47. The zero-order valence-electron chi connectivity index (χ0n) is 11.8. The third-order valence-electron chi connectivity index (χ3n) is 3.08. The molecule has 1 atom stereocenters. The number of morpholine rings is 1. The third-order valence-corrected chi connectivity index (χ3v) is 3.08. The number of ether oxygens (including phenoxy) is 1. The number of pyridine rings is 1. The van der Waals surface area contributed by atoms with E-state index in [4.69, 9.17) is 9.84 Å². The molecule has 1 aliphatic rings. The molecule has 0 aromatic carbocycles. The molecule has 0 saturated carbocycles. The molecule has 2 rings (SSSR count). The summed E-state index contributed by atoms with van der Waals surface area (Å²) in [6, 6.07) is 2.83. The predicted molar refractivity (Wildman–Crippen MR) is 71.7 cm³/mol. The van der Waals surface area contributed by atoms with Crippen LogP contribution in [0.3, 0.4) is 0 Å². The summed E-state index contributed by atoms with van der Waals surface area (Å²) in [4.78, 5) is 28.8. The van der Waals surface area contributed by atoms with Crippen molar-refractivity contribution in [2.24, 2.45) is 0 Å². The average Bonchev–Trinajstić information content (AvgIpc) is 2.35. The van der Waals surface area contributed by atoms with Gasteiger partial charge in [-0.25, -0.2) is 9.78 Å². The Morgan fingerprint density at radius 1 is 1.50 bits per heavy atom. The highest BCUT2D eigenvalue weighted by atomic mass is 16.5. The van der Waals surface area contributed by atoms with Crippen molar-refractivity contribution in [1.82, 2.24) is 9.88 Å². The van der Waals surface area contributed by atoms with Crippen LogP contribution in [0.4, 0.5) is 0 Å². The van der Waals surface area contributed by atoms with Crippen LogP contribution in [0.1, 0.15) is 41.6 Å². The summed E-state index contributed by atoms with van der Waals surface area (Å²) in [5.41, 5.74) is -0.200. The maximum absolute atomic E-state index is 12.5. The minimum atomic E-state index is -1.14. The van der Waals surface area contributed by atoms with Crippen molar-refractivity contribution in [3.8, 4) is 0 Å². The van der Waals surface area contributed by atoms with Crippen LogP contribution in [0, 0.1) is 0 Å². The zero-order chi connectivity index (χ0) is 14.9.